The molecule has 0 unspecified atom stereocenters. The van der Waals surface area contributed by atoms with Crippen molar-refractivity contribution >= 4 is 53.3 Å². The molecule has 6 atom stereocenters. The van der Waals surface area contributed by atoms with Crippen molar-refractivity contribution in [3.05, 3.63) is 18.2 Å². The van der Waals surface area contributed by atoms with E-state index in [-0.39, 0.29) is 56.4 Å². The van der Waals surface area contributed by atoms with E-state index in [2.05, 4.69) is 52.2 Å². The van der Waals surface area contributed by atoms with Gasteiger partial charge in [0.1, 0.15) is 36.3 Å². The van der Waals surface area contributed by atoms with Crippen LogP contribution in [0, 0.1) is 11.8 Å². The molecule has 1 aromatic rings. The summed E-state index contributed by atoms with van der Waals surface area (Å²) in [6.45, 7) is 8.53. The molecule has 0 aromatic carbocycles. The molecule has 0 aliphatic carbocycles. The number of carbonyl (C=O) groups excluding carboxylic acids is 7. The zero-order valence-corrected chi connectivity index (χ0v) is 32.6. The molecular formula is C34H58N12O10. The Labute approximate surface area is 324 Å². The Bertz CT molecular complexity index is 1510. The van der Waals surface area contributed by atoms with Gasteiger partial charge in [0.15, 0.2) is 5.96 Å². The van der Waals surface area contributed by atoms with E-state index in [4.69, 9.17) is 11.5 Å². The molecule has 0 spiro atoms. The molecular weight excluding hydrogens is 736 g/mol. The highest BCUT2D eigenvalue weighted by Crippen LogP contribution is 2.09. The number of carboxylic acids is 1. The van der Waals surface area contributed by atoms with Gasteiger partial charge >= 0.3 is 5.97 Å². The van der Waals surface area contributed by atoms with Crippen molar-refractivity contribution in [2.24, 2.45) is 28.3 Å². The predicted molar refractivity (Wildman–Crippen MR) is 202 cm³/mol. The van der Waals surface area contributed by atoms with Crippen molar-refractivity contribution in [3.63, 3.8) is 0 Å². The van der Waals surface area contributed by atoms with Crippen molar-refractivity contribution in [1.29, 1.82) is 0 Å². The van der Waals surface area contributed by atoms with Gasteiger partial charge in [-0.3, -0.25) is 38.6 Å². The number of carboxylic acid groups (broad SMARTS) is 1. The predicted octanol–water partition coefficient (Wildman–Crippen LogP) is -3.76. The Kier molecular flexibility index (Phi) is 21.2. The van der Waals surface area contributed by atoms with E-state index in [1.807, 2.05) is 0 Å². The summed E-state index contributed by atoms with van der Waals surface area (Å²) in [5, 5.41) is 36.4. The van der Waals surface area contributed by atoms with Crippen LogP contribution >= 0.6 is 0 Å². The summed E-state index contributed by atoms with van der Waals surface area (Å²) in [5.41, 5.74) is 11.0. The standard InChI is InChI=1S/C34H58N12O10/c1-17(2)10-23(45-31(53)25(12-21-13-37-16-40-21)46-32(54)26(15-47)42-20(6)48)29(51)39-14-27(49)43-24(11-18(3)4)30(52)41-19(5)28(50)44-22(33(55)56)8-7-9-38-34(35)36/h13,16-19,22-26,47H,7-12,14-15H2,1-6H3,(H,37,40)(H,39,51)(H,41,52)(H,42,48)(H,43,49)(H,44,50)(H,45,53)(H,46,54)(H,55,56)(H4,35,36,38)/t19-,22-,23-,24-,25-,26-/m0/s1. The largest absolute Gasteiger partial charge is 0.480 e. The first-order valence-corrected chi connectivity index (χ1v) is 18.2. The van der Waals surface area contributed by atoms with Gasteiger partial charge in [-0.25, -0.2) is 9.78 Å². The molecule has 0 aliphatic rings. The number of nitrogens with one attached hydrogen (secondary N) is 8. The summed E-state index contributed by atoms with van der Waals surface area (Å²) in [7, 11) is 0. The van der Waals surface area contributed by atoms with Gasteiger partial charge in [0.2, 0.25) is 41.4 Å². The number of nitrogens with two attached hydrogens (primary N) is 2. The molecule has 1 aromatic heterocycles. The zero-order chi connectivity index (χ0) is 42.5. The highest BCUT2D eigenvalue weighted by Gasteiger charge is 2.31. The normalized spacial score (nSPS) is 14.2. The molecule has 56 heavy (non-hydrogen) atoms. The summed E-state index contributed by atoms with van der Waals surface area (Å²) < 4.78 is 0. The first-order valence-electron chi connectivity index (χ1n) is 18.2. The number of aliphatic hydroxyl groups excluding tert-OH is 1. The van der Waals surface area contributed by atoms with Crippen LogP contribution in [0.15, 0.2) is 17.5 Å². The van der Waals surface area contributed by atoms with Crippen molar-refractivity contribution in [1.82, 2.24) is 47.2 Å². The maximum absolute atomic E-state index is 13.5. The molecule has 1 heterocycles. The average molecular weight is 795 g/mol. The Hall–Kier alpha value is -5.80. The molecule has 0 saturated carbocycles. The van der Waals surface area contributed by atoms with Crippen LogP contribution in [-0.4, -0.2) is 129 Å². The molecule has 7 amide bonds. The third-order valence-corrected chi connectivity index (χ3v) is 7.92. The van der Waals surface area contributed by atoms with Gasteiger partial charge in [-0.1, -0.05) is 27.7 Å². The quantitative estimate of drug-likeness (QED) is 0.0257. The smallest absolute Gasteiger partial charge is 0.326 e. The van der Waals surface area contributed by atoms with E-state index < -0.39 is 96.7 Å². The van der Waals surface area contributed by atoms with Crippen LogP contribution in [0.25, 0.3) is 0 Å². The summed E-state index contributed by atoms with van der Waals surface area (Å²) >= 11 is 0. The zero-order valence-electron chi connectivity index (χ0n) is 32.6. The lowest BCUT2D eigenvalue weighted by Gasteiger charge is -2.25. The van der Waals surface area contributed by atoms with Gasteiger partial charge < -0.3 is 63.9 Å². The van der Waals surface area contributed by atoms with Crippen molar-refractivity contribution in [2.45, 2.75) is 110 Å². The molecule has 22 nitrogen and oxygen atoms in total. The summed E-state index contributed by atoms with van der Waals surface area (Å²) in [4.78, 5) is 112. The van der Waals surface area contributed by atoms with Gasteiger partial charge in [0, 0.05) is 31.8 Å². The van der Waals surface area contributed by atoms with Crippen LogP contribution in [0.1, 0.15) is 72.9 Å². The maximum Gasteiger partial charge on any atom is 0.326 e. The number of aliphatic hydroxyl groups is 1. The number of aliphatic imine (C=N–C) groups is 1. The fourth-order valence-corrected chi connectivity index (χ4v) is 5.19. The lowest BCUT2D eigenvalue weighted by atomic mass is 10.0. The molecule has 0 bridgehead atoms. The summed E-state index contributed by atoms with van der Waals surface area (Å²) in [5.74, 6) is -6.86. The van der Waals surface area contributed by atoms with Gasteiger partial charge in [-0.15, -0.1) is 0 Å². The van der Waals surface area contributed by atoms with Crippen LogP contribution in [0.4, 0.5) is 0 Å². The third kappa shape index (κ3) is 19.0. The molecule has 22 heteroatoms. The third-order valence-electron chi connectivity index (χ3n) is 7.92. The minimum atomic E-state index is -1.34. The summed E-state index contributed by atoms with van der Waals surface area (Å²) in [6, 6.07) is -7.39. The van der Waals surface area contributed by atoms with Crippen LogP contribution < -0.4 is 48.7 Å². The van der Waals surface area contributed by atoms with Crippen LogP contribution in [0.5, 0.6) is 0 Å². The van der Waals surface area contributed by atoms with Crippen molar-refractivity contribution in [2.75, 3.05) is 19.7 Å². The molecule has 0 saturated heterocycles. The topological polar surface area (TPSA) is 354 Å². The molecule has 0 radical (unpaired) electrons. The number of hydrogen-bond acceptors (Lipinski definition) is 11. The number of H-pyrrole nitrogens is 1. The van der Waals surface area contributed by atoms with Gasteiger partial charge in [-0.2, -0.15) is 0 Å². The fourth-order valence-electron chi connectivity index (χ4n) is 5.19. The number of amides is 7. The second kappa shape index (κ2) is 24.6. The van der Waals surface area contributed by atoms with Gasteiger partial charge in [-0.05, 0) is 44.4 Å². The number of nitrogens with zero attached hydrogens (tertiary/aromatic N) is 2. The molecule has 1 rings (SSSR count). The first kappa shape index (κ1) is 48.2. The fraction of sp³-hybridized carbons (Fsp3) is 0.647. The molecule has 314 valence electrons. The summed E-state index contributed by atoms with van der Waals surface area (Å²) in [6.07, 6.45) is 3.27. The second-order valence-corrected chi connectivity index (χ2v) is 14.0. The van der Waals surface area contributed by atoms with E-state index >= 15 is 0 Å². The van der Waals surface area contributed by atoms with Crippen molar-refractivity contribution in [3.8, 4) is 0 Å². The second-order valence-electron chi connectivity index (χ2n) is 14.0. The number of imidazole rings is 1. The number of aromatic amines is 1. The van der Waals surface area contributed by atoms with E-state index in [0.29, 0.717) is 5.69 Å². The van der Waals surface area contributed by atoms with Gasteiger partial charge in [0.05, 0.1) is 19.5 Å². The van der Waals surface area contributed by atoms with Crippen LogP contribution in [0.3, 0.4) is 0 Å². The van der Waals surface area contributed by atoms with Crippen LogP contribution in [0.2, 0.25) is 0 Å². The molecule has 0 fully saturated rings. The maximum atomic E-state index is 13.5. The van der Waals surface area contributed by atoms with E-state index in [1.165, 1.54) is 19.4 Å². The number of rotatable bonds is 25. The van der Waals surface area contributed by atoms with Crippen LogP contribution in [-0.2, 0) is 44.8 Å². The number of carbonyl (C=O) groups is 8. The minimum absolute atomic E-state index is 0.0191. The lowest BCUT2D eigenvalue weighted by molar-refractivity contribution is -0.142. The number of aliphatic carboxylic acids is 1. The highest BCUT2D eigenvalue weighted by atomic mass is 16.4. The average Bonchev–Trinajstić information content (AvgIpc) is 3.62. The lowest BCUT2D eigenvalue weighted by Crippen LogP contribution is -2.58. The van der Waals surface area contributed by atoms with Crippen molar-refractivity contribution < 1.29 is 48.6 Å². The Balaban J connectivity index is 2.98. The minimum Gasteiger partial charge on any atom is -0.480 e. The molecule has 14 N–H and O–H groups in total. The number of hydrogen-bond donors (Lipinski definition) is 12. The highest BCUT2D eigenvalue weighted by molar-refractivity contribution is 5.96. The molecule has 0 aliphatic heterocycles. The van der Waals surface area contributed by atoms with E-state index in [9.17, 15) is 48.6 Å². The van der Waals surface area contributed by atoms with E-state index in [0.717, 1.165) is 6.92 Å². The number of guanidine groups is 1. The Morgan fingerprint density at radius 3 is 1.82 bits per heavy atom. The monoisotopic (exact) mass is 794 g/mol. The first-order chi connectivity index (χ1) is 26.2. The Morgan fingerprint density at radius 2 is 1.30 bits per heavy atom. The number of aromatic nitrogens is 2. The SMILES string of the molecule is CC(=O)N[C@@H](CO)C(=O)N[C@@H](Cc1cnc[nH]1)C(=O)N[C@@H](CC(C)C)C(=O)NCC(=O)N[C@@H](CC(C)C)C(=O)N[C@@H](C)C(=O)N[C@@H](CCCN=C(N)N)C(=O)O. The van der Waals surface area contributed by atoms with E-state index in [1.54, 1.807) is 27.7 Å². The Morgan fingerprint density at radius 1 is 0.750 bits per heavy atom. The van der Waals surface area contributed by atoms with Gasteiger partial charge in [0.25, 0.3) is 0 Å².